The minimum atomic E-state index is -3.39. The van der Waals surface area contributed by atoms with Crippen LogP contribution in [0.2, 0.25) is 0 Å². The molecule has 1 aromatic rings. The van der Waals surface area contributed by atoms with Crippen molar-refractivity contribution < 1.29 is 14.9 Å². The molecular formula is C7H9O3PS2. The Morgan fingerprint density at radius 3 is 2.23 bits per heavy atom. The maximum absolute atomic E-state index is 9.46. The molecule has 0 saturated carbocycles. The first-order valence-corrected chi connectivity index (χ1v) is 7.65. The quantitative estimate of drug-likeness (QED) is 0.550. The number of aliphatic hydroxyl groups excluding tert-OH is 1. The molecule has 1 unspecified atom stereocenters. The molecule has 0 aliphatic carbocycles. The highest BCUT2D eigenvalue weighted by atomic mass is 32.9. The summed E-state index contributed by atoms with van der Waals surface area (Å²) in [6.07, 6.45) is 0. The zero-order valence-electron chi connectivity index (χ0n) is 6.57. The Bertz CT molecular complexity index is 311. The standard InChI is InChI=1S/C7H9O3PS2/c8-7(13-11(9,10)12)6-4-2-1-3-5-6/h1-5,7-8H,(H2,9,10,12). The van der Waals surface area contributed by atoms with Gasteiger partial charge in [0, 0.05) is 0 Å². The predicted octanol–water partition coefficient (Wildman–Crippen LogP) is 1.62. The van der Waals surface area contributed by atoms with Gasteiger partial charge in [0.15, 0.2) is 0 Å². The van der Waals surface area contributed by atoms with Crippen LogP contribution in [0.15, 0.2) is 30.3 Å². The summed E-state index contributed by atoms with van der Waals surface area (Å²) in [7, 11) is 0. The van der Waals surface area contributed by atoms with E-state index in [2.05, 4.69) is 11.8 Å². The number of hydrogen-bond donors (Lipinski definition) is 3. The summed E-state index contributed by atoms with van der Waals surface area (Å²) in [5.41, 5.74) is -3.74. The summed E-state index contributed by atoms with van der Waals surface area (Å²) in [5.74, 6) is 0. The third kappa shape index (κ3) is 4.22. The maximum Gasteiger partial charge on any atom is 0.244 e. The molecule has 0 saturated heterocycles. The van der Waals surface area contributed by atoms with Crippen LogP contribution in [0.3, 0.4) is 0 Å². The normalized spacial score (nSPS) is 14.1. The molecule has 0 fully saturated rings. The maximum atomic E-state index is 9.46. The van der Waals surface area contributed by atoms with E-state index in [0.717, 1.165) is 0 Å². The largest absolute Gasteiger partial charge is 0.377 e. The zero-order valence-corrected chi connectivity index (χ0v) is 9.10. The highest BCUT2D eigenvalue weighted by molar-refractivity contribution is 8.67. The Kier molecular flexibility index (Phi) is 3.91. The van der Waals surface area contributed by atoms with E-state index in [1.807, 2.05) is 6.07 Å². The number of hydrogen-bond acceptors (Lipinski definition) is 3. The van der Waals surface area contributed by atoms with Crippen molar-refractivity contribution >= 4 is 28.9 Å². The van der Waals surface area contributed by atoms with E-state index in [9.17, 15) is 5.11 Å². The predicted molar refractivity (Wildman–Crippen MR) is 57.7 cm³/mol. The van der Waals surface area contributed by atoms with Crippen molar-refractivity contribution in [1.82, 2.24) is 0 Å². The molecular weight excluding hydrogens is 227 g/mol. The third-order valence-electron chi connectivity index (χ3n) is 1.32. The van der Waals surface area contributed by atoms with Gasteiger partial charge in [-0.2, -0.15) is 0 Å². The molecule has 72 valence electrons. The lowest BCUT2D eigenvalue weighted by Crippen LogP contribution is -1.90. The Hall–Kier alpha value is 0.1000. The summed E-state index contributed by atoms with van der Waals surface area (Å²) in [6, 6.07) is 8.73. The van der Waals surface area contributed by atoms with Crippen molar-refractivity contribution in [2.75, 3.05) is 0 Å². The molecule has 0 heterocycles. The Morgan fingerprint density at radius 1 is 1.23 bits per heavy atom. The van der Waals surface area contributed by atoms with E-state index in [0.29, 0.717) is 16.9 Å². The van der Waals surface area contributed by atoms with Gasteiger partial charge in [0.2, 0.25) is 5.69 Å². The lowest BCUT2D eigenvalue weighted by molar-refractivity contribution is 0.271. The van der Waals surface area contributed by atoms with Gasteiger partial charge in [-0.3, -0.25) is 0 Å². The average molecular weight is 236 g/mol. The Morgan fingerprint density at radius 2 is 1.77 bits per heavy atom. The fourth-order valence-electron chi connectivity index (χ4n) is 0.809. The molecule has 6 heteroatoms. The number of aliphatic hydroxyl groups is 1. The second kappa shape index (κ2) is 4.55. The molecule has 1 aromatic carbocycles. The Labute approximate surface area is 85.3 Å². The molecule has 0 aliphatic rings. The summed E-state index contributed by atoms with van der Waals surface area (Å²) < 4.78 is 0. The van der Waals surface area contributed by atoms with E-state index < -0.39 is 11.1 Å². The molecule has 0 aromatic heterocycles. The van der Waals surface area contributed by atoms with Gasteiger partial charge in [-0.15, -0.1) is 0 Å². The second-order valence-corrected chi connectivity index (χ2v) is 8.38. The first-order valence-electron chi connectivity index (χ1n) is 3.46. The molecule has 13 heavy (non-hydrogen) atoms. The van der Waals surface area contributed by atoms with E-state index >= 15 is 0 Å². The summed E-state index contributed by atoms with van der Waals surface area (Å²) in [6.45, 7) is 0. The molecule has 0 aliphatic heterocycles. The molecule has 0 amide bonds. The first-order chi connectivity index (χ1) is 5.99. The molecule has 0 bridgehead atoms. The third-order valence-corrected chi connectivity index (χ3v) is 4.27. The molecule has 0 spiro atoms. The van der Waals surface area contributed by atoms with Crippen molar-refractivity contribution in [2.45, 2.75) is 5.44 Å². The van der Waals surface area contributed by atoms with E-state index in [4.69, 9.17) is 9.79 Å². The minimum Gasteiger partial charge on any atom is -0.377 e. The first kappa shape index (κ1) is 11.2. The number of rotatable bonds is 3. The van der Waals surface area contributed by atoms with Crippen LogP contribution in [0, 0.1) is 0 Å². The van der Waals surface area contributed by atoms with Crippen molar-refractivity contribution in [2.24, 2.45) is 0 Å². The molecule has 3 nitrogen and oxygen atoms in total. The van der Waals surface area contributed by atoms with Gasteiger partial charge < -0.3 is 14.9 Å². The lowest BCUT2D eigenvalue weighted by Gasteiger charge is -2.12. The van der Waals surface area contributed by atoms with Crippen LogP contribution in [0.5, 0.6) is 0 Å². The smallest absolute Gasteiger partial charge is 0.244 e. The zero-order chi connectivity index (χ0) is 9.90. The summed E-state index contributed by atoms with van der Waals surface area (Å²) in [5, 5.41) is 9.46. The Balaban J connectivity index is 2.70. The average Bonchev–Trinajstić information content (AvgIpc) is 2.03. The van der Waals surface area contributed by atoms with Gasteiger partial charge in [0.25, 0.3) is 0 Å². The van der Waals surface area contributed by atoms with Gasteiger partial charge in [0.05, 0.1) is 0 Å². The van der Waals surface area contributed by atoms with Crippen LogP contribution in [0.1, 0.15) is 11.0 Å². The van der Waals surface area contributed by atoms with Crippen molar-refractivity contribution in [3.63, 3.8) is 0 Å². The van der Waals surface area contributed by atoms with Crippen LogP contribution in [-0.4, -0.2) is 14.9 Å². The van der Waals surface area contributed by atoms with Crippen LogP contribution < -0.4 is 0 Å². The van der Waals surface area contributed by atoms with Gasteiger partial charge in [-0.1, -0.05) is 30.3 Å². The highest BCUT2D eigenvalue weighted by Gasteiger charge is 2.17. The van der Waals surface area contributed by atoms with Crippen molar-refractivity contribution in [1.29, 1.82) is 0 Å². The molecule has 3 N–H and O–H groups in total. The topological polar surface area (TPSA) is 60.7 Å². The minimum absolute atomic E-state index is 0.602. The monoisotopic (exact) mass is 236 g/mol. The van der Waals surface area contributed by atoms with Crippen molar-refractivity contribution in [3.8, 4) is 0 Å². The van der Waals surface area contributed by atoms with E-state index in [-0.39, 0.29) is 0 Å². The van der Waals surface area contributed by atoms with Crippen LogP contribution in [-0.2, 0) is 11.8 Å². The van der Waals surface area contributed by atoms with E-state index in [1.54, 1.807) is 24.3 Å². The van der Waals surface area contributed by atoms with Crippen LogP contribution >= 0.6 is 17.1 Å². The molecule has 1 rings (SSSR count). The van der Waals surface area contributed by atoms with E-state index in [1.165, 1.54) is 0 Å². The van der Waals surface area contributed by atoms with Crippen LogP contribution in [0.25, 0.3) is 0 Å². The summed E-state index contributed by atoms with van der Waals surface area (Å²) in [4.78, 5) is 17.9. The van der Waals surface area contributed by atoms with Gasteiger partial charge in [-0.25, -0.2) is 0 Å². The molecule has 0 radical (unpaired) electrons. The number of benzene rings is 1. The van der Waals surface area contributed by atoms with Crippen molar-refractivity contribution in [3.05, 3.63) is 35.9 Å². The highest BCUT2D eigenvalue weighted by Crippen LogP contribution is 2.56. The summed E-state index contributed by atoms with van der Waals surface area (Å²) >= 11 is 4.99. The SMILES string of the molecule is OC(SP(O)(O)=S)c1ccccc1. The van der Waals surface area contributed by atoms with Gasteiger partial charge in [-0.05, 0) is 28.8 Å². The molecule has 1 atom stereocenters. The van der Waals surface area contributed by atoms with Gasteiger partial charge >= 0.3 is 0 Å². The van der Waals surface area contributed by atoms with Crippen LogP contribution in [0.4, 0.5) is 0 Å². The lowest BCUT2D eigenvalue weighted by atomic mass is 10.2. The fraction of sp³-hybridized carbons (Fsp3) is 0.143. The fourth-order valence-corrected chi connectivity index (χ4v) is 3.23. The van der Waals surface area contributed by atoms with Gasteiger partial charge in [0.1, 0.15) is 5.44 Å². The second-order valence-electron chi connectivity index (χ2n) is 2.36.